The first-order valence-corrected chi connectivity index (χ1v) is 9.83. The maximum atomic E-state index is 11.9. The Morgan fingerprint density at radius 3 is 2.64 bits per heavy atom. The number of alkyl halides is 1. The third-order valence-corrected chi connectivity index (χ3v) is 6.42. The number of carbonyl (C=O) groups is 1. The van der Waals surface area contributed by atoms with Crippen molar-refractivity contribution in [3.05, 3.63) is 40.1 Å². The molecule has 0 radical (unpaired) electrons. The zero-order valence-corrected chi connectivity index (χ0v) is 15.1. The SMILES string of the molecule is O=C(NCc1nsc(S(=O)(=O)CCCl)n1)c1ccc(Br)cc1. The zero-order valence-electron chi connectivity index (χ0n) is 11.1. The van der Waals surface area contributed by atoms with Crippen LogP contribution < -0.4 is 5.32 Å². The van der Waals surface area contributed by atoms with Crippen molar-refractivity contribution in [2.75, 3.05) is 11.6 Å². The second-order valence-electron chi connectivity index (χ2n) is 4.17. The fourth-order valence-corrected chi connectivity index (χ4v) is 4.23. The molecule has 0 saturated carbocycles. The van der Waals surface area contributed by atoms with Crippen molar-refractivity contribution >= 4 is 54.8 Å². The van der Waals surface area contributed by atoms with Gasteiger partial charge < -0.3 is 5.32 Å². The molecule has 1 aromatic carbocycles. The molecule has 2 rings (SSSR count). The summed E-state index contributed by atoms with van der Waals surface area (Å²) >= 11 is 9.51. The van der Waals surface area contributed by atoms with Crippen LogP contribution in [0.15, 0.2) is 33.1 Å². The zero-order chi connectivity index (χ0) is 16.2. The van der Waals surface area contributed by atoms with Crippen LogP contribution in [-0.2, 0) is 16.4 Å². The molecule has 22 heavy (non-hydrogen) atoms. The molecule has 0 unspecified atom stereocenters. The van der Waals surface area contributed by atoms with E-state index in [0.717, 1.165) is 16.0 Å². The number of halogens is 2. The maximum absolute atomic E-state index is 11.9. The number of rotatable bonds is 6. The van der Waals surface area contributed by atoms with E-state index in [4.69, 9.17) is 11.6 Å². The molecule has 0 fully saturated rings. The number of hydrogen-bond acceptors (Lipinski definition) is 6. The molecule has 118 valence electrons. The first kappa shape index (κ1) is 17.3. The van der Waals surface area contributed by atoms with E-state index in [9.17, 15) is 13.2 Å². The highest BCUT2D eigenvalue weighted by Crippen LogP contribution is 2.14. The van der Waals surface area contributed by atoms with Crippen LogP contribution in [0.4, 0.5) is 0 Å². The van der Waals surface area contributed by atoms with Crippen LogP contribution in [0.1, 0.15) is 16.2 Å². The van der Waals surface area contributed by atoms with Crippen LogP contribution in [-0.4, -0.2) is 35.3 Å². The maximum Gasteiger partial charge on any atom is 0.251 e. The Kier molecular flexibility index (Phi) is 5.90. The summed E-state index contributed by atoms with van der Waals surface area (Å²) in [6.45, 7) is 0.0573. The standard InChI is InChI=1S/C12H11BrClN3O3S2/c13-9-3-1-8(2-4-9)11(18)15-7-10-16-12(21-17-10)22(19,20)6-5-14/h1-4H,5-7H2,(H,15,18). The van der Waals surface area contributed by atoms with Gasteiger partial charge in [0.25, 0.3) is 5.91 Å². The van der Waals surface area contributed by atoms with E-state index in [1.54, 1.807) is 24.3 Å². The van der Waals surface area contributed by atoms with Crippen LogP contribution in [0.25, 0.3) is 0 Å². The number of sulfone groups is 1. The Morgan fingerprint density at radius 1 is 1.32 bits per heavy atom. The molecule has 1 heterocycles. The molecular formula is C12H11BrClN3O3S2. The molecule has 1 N–H and O–H groups in total. The van der Waals surface area contributed by atoms with E-state index in [1.807, 2.05) is 0 Å². The topological polar surface area (TPSA) is 89.0 Å². The molecule has 6 nitrogen and oxygen atoms in total. The van der Waals surface area contributed by atoms with Crippen molar-refractivity contribution in [3.63, 3.8) is 0 Å². The first-order valence-electron chi connectivity index (χ1n) is 6.07. The number of hydrogen-bond donors (Lipinski definition) is 1. The first-order chi connectivity index (χ1) is 10.4. The third kappa shape index (κ3) is 4.48. The van der Waals surface area contributed by atoms with Gasteiger partial charge in [-0.3, -0.25) is 4.79 Å². The Bertz CT molecular complexity index is 762. The second-order valence-corrected chi connectivity index (χ2v) is 8.50. The number of aromatic nitrogens is 2. The van der Waals surface area contributed by atoms with Gasteiger partial charge in [-0.1, -0.05) is 15.9 Å². The average molecular weight is 425 g/mol. The quantitative estimate of drug-likeness (QED) is 0.718. The molecule has 1 aromatic heterocycles. The third-order valence-electron chi connectivity index (χ3n) is 2.57. The Hall–Kier alpha value is -1.03. The number of amides is 1. The largest absolute Gasteiger partial charge is 0.345 e. The van der Waals surface area contributed by atoms with Gasteiger partial charge in [0.15, 0.2) is 5.82 Å². The van der Waals surface area contributed by atoms with Gasteiger partial charge in [-0.15, -0.1) is 11.6 Å². The lowest BCUT2D eigenvalue weighted by Crippen LogP contribution is -2.23. The summed E-state index contributed by atoms with van der Waals surface area (Å²) in [5.74, 6) is -0.220. The summed E-state index contributed by atoms with van der Waals surface area (Å²) in [7, 11) is -3.49. The Labute approximate surface area is 145 Å². The van der Waals surface area contributed by atoms with E-state index < -0.39 is 9.84 Å². The Morgan fingerprint density at radius 2 is 2.00 bits per heavy atom. The molecule has 0 aliphatic rings. The molecule has 0 atom stereocenters. The minimum Gasteiger partial charge on any atom is -0.345 e. The van der Waals surface area contributed by atoms with E-state index in [2.05, 4.69) is 30.6 Å². The van der Waals surface area contributed by atoms with E-state index in [-0.39, 0.29) is 34.2 Å². The molecule has 0 bridgehead atoms. The van der Waals surface area contributed by atoms with Crippen LogP contribution in [0.5, 0.6) is 0 Å². The highest BCUT2D eigenvalue weighted by atomic mass is 79.9. The number of nitrogens with one attached hydrogen (secondary N) is 1. The number of carbonyl (C=O) groups excluding carboxylic acids is 1. The van der Waals surface area contributed by atoms with Gasteiger partial charge in [0.2, 0.25) is 14.2 Å². The summed E-state index contributed by atoms with van der Waals surface area (Å²) in [5.41, 5.74) is 0.494. The lowest BCUT2D eigenvalue weighted by Gasteiger charge is -2.02. The smallest absolute Gasteiger partial charge is 0.251 e. The van der Waals surface area contributed by atoms with Gasteiger partial charge in [0.1, 0.15) is 0 Å². The van der Waals surface area contributed by atoms with Crippen molar-refractivity contribution < 1.29 is 13.2 Å². The lowest BCUT2D eigenvalue weighted by atomic mass is 10.2. The molecule has 0 saturated heterocycles. The second kappa shape index (κ2) is 7.49. The molecule has 10 heteroatoms. The minimum absolute atomic E-state index is 0.00243. The van der Waals surface area contributed by atoms with Gasteiger partial charge in [-0.2, -0.15) is 4.37 Å². The molecule has 0 aliphatic heterocycles. The van der Waals surface area contributed by atoms with Gasteiger partial charge in [0.05, 0.1) is 12.3 Å². The molecular weight excluding hydrogens is 414 g/mol. The average Bonchev–Trinajstić information content (AvgIpc) is 2.95. The van der Waals surface area contributed by atoms with Crippen molar-refractivity contribution in [2.45, 2.75) is 10.9 Å². The summed E-state index contributed by atoms with van der Waals surface area (Å²) in [6.07, 6.45) is 0. The number of benzene rings is 1. The molecule has 1 amide bonds. The van der Waals surface area contributed by atoms with E-state index >= 15 is 0 Å². The summed E-state index contributed by atoms with van der Waals surface area (Å²) in [6, 6.07) is 6.86. The van der Waals surface area contributed by atoms with Crippen LogP contribution >= 0.6 is 39.1 Å². The van der Waals surface area contributed by atoms with Crippen LogP contribution in [0.2, 0.25) is 0 Å². The van der Waals surface area contributed by atoms with Crippen molar-refractivity contribution in [3.8, 4) is 0 Å². The van der Waals surface area contributed by atoms with Crippen molar-refractivity contribution in [1.82, 2.24) is 14.7 Å². The van der Waals surface area contributed by atoms with Gasteiger partial charge >= 0.3 is 0 Å². The van der Waals surface area contributed by atoms with E-state index in [1.165, 1.54) is 0 Å². The monoisotopic (exact) mass is 423 g/mol. The van der Waals surface area contributed by atoms with Crippen LogP contribution in [0, 0.1) is 0 Å². The van der Waals surface area contributed by atoms with E-state index in [0.29, 0.717) is 5.56 Å². The molecule has 0 spiro atoms. The van der Waals surface area contributed by atoms with Gasteiger partial charge in [0, 0.05) is 15.9 Å². The Balaban J connectivity index is 1.99. The summed E-state index contributed by atoms with van der Waals surface area (Å²) in [4.78, 5) is 15.8. The van der Waals surface area contributed by atoms with Crippen LogP contribution in [0.3, 0.4) is 0 Å². The molecule has 0 aliphatic carbocycles. The summed E-state index contributed by atoms with van der Waals surface area (Å²) in [5, 5.41) is 2.64. The highest BCUT2D eigenvalue weighted by Gasteiger charge is 2.19. The van der Waals surface area contributed by atoms with Crippen molar-refractivity contribution in [1.29, 1.82) is 0 Å². The minimum atomic E-state index is -3.49. The van der Waals surface area contributed by atoms with Gasteiger partial charge in [-0.05, 0) is 35.8 Å². The predicted molar refractivity (Wildman–Crippen MR) is 88.0 cm³/mol. The molecule has 2 aromatic rings. The fraction of sp³-hybridized carbons (Fsp3) is 0.250. The summed E-state index contributed by atoms with van der Waals surface area (Å²) < 4.78 is 28.3. The number of nitrogens with zero attached hydrogens (tertiary/aromatic N) is 2. The van der Waals surface area contributed by atoms with Crippen molar-refractivity contribution in [2.24, 2.45) is 0 Å². The normalized spacial score (nSPS) is 11.4. The fourth-order valence-electron chi connectivity index (χ4n) is 1.49. The van der Waals surface area contributed by atoms with Gasteiger partial charge in [-0.25, -0.2) is 13.4 Å². The predicted octanol–water partition coefficient (Wildman–Crippen LogP) is 2.24. The lowest BCUT2D eigenvalue weighted by molar-refractivity contribution is 0.0950. The highest BCUT2D eigenvalue weighted by molar-refractivity contribution is 9.10.